The fourth-order valence-corrected chi connectivity index (χ4v) is 4.52. The monoisotopic (exact) mass is 418 g/mol. The van der Waals surface area contributed by atoms with E-state index in [9.17, 15) is 13.2 Å². The summed E-state index contributed by atoms with van der Waals surface area (Å²) < 4.78 is 25.9. The number of hydrogen-bond donors (Lipinski definition) is 1. The van der Waals surface area contributed by atoms with E-state index in [-0.39, 0.29) is 10.8 Å². The number of anilines is 1. The molecule has 0 radical (unpaired) electrons. The Morgan fingerprint density at radius 1 is 1.18 bits per heavy atom. The number of carbonyl (C=O) groups excluding carboxylic acids is 1. The van der Waals surface area contributed by atoms with Gasteiger partial charge in [-0.2, -0.15) is 4.99 Å². The lowest BCUT2D eigenvalue weighted by atomic mass is 10.2. The first-order valence-corrected chi connectivity index (χ1v) is 11.1. The predicted molar refractivity (Wildman–Crippen MR) is 112 cm³/mol. The van der Waals surface area contributed by atoms with Gasteiger partial charge in [-0.05, 0) is 48.9 Å². The van der Waals surface area contributed by atoms with E-state index in [2.05, 4.69) is 4.99 Å². The molecule has 9 heteroatoms. The van der Waals surface area contributed by atoms with Gasteiger partial charge in [0.05, 0.1) is 15.1 Å². The normalized spacial score (nSPS) is 12.5. The maximum absolute atomic E-state index is 12.7. The number of thiazole rings is 1. The first-order valence-electron chi connectivity index (χ1n) is 8.73. The van der Waals surface area contributed by atoms with Gasteiger partial charge in [-0.15, -0.1) is 0 Å². The van der Waals surface area contributed by atoms with Gasteiger partial charge in [-0.1, -0.05) is 18.3 Å². The third-order valence-electron chi connectivity index (χ3n) is 4.26. The molecule has 0 aliphatic rings. The number of sulfonamides is 1. The third-order valence-corrected chi connectivity index (χ3v) is 6.21. The van der Waals surface area contributed by atoms with Crippen molar-refractivity contribution in [2.24, 2.45) is 10.1 Å². The van der Waals surface area contributed by atoms with Crippen molar-refractivity contribution in [2.75, 3.05) is 19.0 Å². The van der Waals surface area contributed by atoms with Crippen molar-refractivity contribution in [3.8, 4) is 0 Å². The summed E-state index contributed by atoms with van der Waals surface area (Å²) in [5.41, 5.74) is 2.32. The van der Waals surface area contributed by atoms with Crippen molar-refractivity contribution < 1.29 is 13.2 Å². The smallest absolute Gasteiger partial charge is 0.279 e. The first kappa shape index (κ1) is 20.2. The molecule has 0 spiro atoms. The van der Waals surface area contributed by atoms with E-state index in [1.807, 2.05) is 42.6 Å². The molecule has 3 aromatic rings. The van der Waals surface area contributed by atoms with Gasteiger partial charge in [0.25, 0.3) is 5.91 Å². The van der Waals surface area contributed by atoms with E-state index < -0.39 is 10.0 Å². The molecule has 2 N–H and O–H groups in total. The number of nitrogens with zero attached hydrogens (tertiary/aromatic N) is 3. The Morgan fingerprint density at radius 3 is 2.43 bits per heavy atom. The van der Waals surface area contributed by atoms with Crippen LogP contribution in [0, 0.1) is 0 Å². The predicted octanol–water partition coefficient (Wildman–Crippen LogP) is 2.57. The van der Waals surface area contributed by atoms with E-state index >= 15 is 0 Å². The van der Waals surface area contributed by atoms with E-state index in [0.717, 1.165) is 22.3 Å². The third kappa shape index (κ3) is 4.16. The number of rotatable bonds is 5. The quantitative estimate of drug-likeness (QED) is 0.688. The topological polar surface area (TPSA) is 97.8 Å². The molecular formula is C19H22N4O3S2. The average Bonchev–Trinajstić information content (AvgIpc) is 2.98. The molecule has 0 fully saturated rings. The van der Waals surface area contributed by atoms with Gasteiger partial charge in [0.15, 0.2) is 4.80 Å². The number of aromatic nitrogens is 1. The summed E-state index contributed by atoms with van der Waals surface area (Å²) in [6.07, 6.45) is 0.849. The van der Waals surface area contributed by atoms with Gasteiger partial charge >= 0.3 is 0 Å². The number of amides is 1. The summed E-state index contributed by atoms with van der Waals surface area (Å²) in [5, 5.41) is 5.23. The molecule has 0 aliphatic carbocycles. The Bertz CT molecular complexity index is 1190. The highest BCUT2D eigenvalue weighted by Gasteiger charge is 2.13. The fraction of sp³-hybridized carbons (Fsp3) is 0.263. The zero-order chi connectivity index (χ0) is 20.5. The average molecular weight is 419 g/mol. The number of fused-ring (bicyclic) bond motifs is 1. The lowest BCUT2D eigenvalue weighted by Gasteiger charge is -2.11. The second kappa shape index (κ2) is 7.86. The highest BCUT2D eigenvalue weighted by molar-refractivity contribution is 7.89. The minimum absolute atomic E-state index is 0.0436. The Labute approximate surface area is 167 Å². The molecule has 3 rings (SSSR count). The number of benzene rings is 2. The van der Waals surface area contributed by atoms with Crippen LogP contribution >= 0.6 is 11.3 Å². The van der Waals surface area contributed by atoms with E-state index in [4.69, 9.17) is 5.14 Å². The number of carbonyl (C=O) groups is 1. The molecular weight excluding hydrogens is 396 g/mol. The summed E-state index contributed by atoms with van der Waals surface area (Å²) in [6, 6.07) is 11.9. The minimum atomic E-state index is -3.79. The Kier molecular flexibility index (Phi) is 5.69. The van der Waals surface area contributed by atoms with Crippen LogP contribution in [0.4, 0.5) is 5.69 Å². The lowest BCUT2D eigenvalue weighted by molar-refractivity contribution is 0.0998. The molecule has 2 aromatic carbocycles. The van der Waals surface area contributed by atoms with Crippen molar-refractivity contribution in [1.29, 1.82) is 0 Å². The number of nitrogens with two attached hydrogens (primary N) is 1. The molecule has 0 aliphatic heterocycles. The van der Waals surface area contributed by atoms with Crippen LogP contribution in [0.25, 0.3) is 10.2 Å². The summed E-state index contributed by atoms with van der Waals surface area (Å²) >= 11 is 1.27. The number of hydrogen-bond acceptors (Lipinski definition) is 5. The van der Waals surface area contributed by atoms with Crippen LogP contribution in [0.2, 0.25) is 0 Å². The van der Waals surface area contributed by atoms with E-state index in [1.165, 1.54) is 23.5 Å². The van der Waals surface area contributed by atoms with Crippen molar-refractivity contribution in [2.45, 2.75) is 24.8 Å². The minimum Gasteiger partial charge on any atom is -0.378 e. The van der Waals surface area contributed by atoms with Gasteiger partial charge in [0.2, 0.25) is 10.0 Å². The molecule has 1 amide bonds. The molecule has 1 aromatic heterocycles. The molecule has 0 bridgehead atoms. The lowest BCUT2D eigenvalue weighted by Crippen LogP contribution is -2.17. The zero-order valence-electron chi connectivity index (χ0n) is 15.9. The Hall–Kier alpha value is -2.49. The Morgan fingerprint density at radius 2 is 1.86 bits per heavy atom. The van der Waals surface area contributed by atoms with Crippen LogP contribution in [0.1, 0.15) is 23.7 Å². The number of primary sulfonamides is 1. The maximum Gasteiger partial charge on any atom is 0.279 e. The molecule has 28 heavy (non-hydrogen) atoms. The zero-order valence-corrected chi connectivity index (χ0v) is 17.5. The van der Waals surface area contributed by atoms with E-state index in [0.29, 0.717) is 16.9 Å². The molecule has 1 heterocycles. The van der Waals surface area contributed by atoms with Gasteiger partial charge < -0.3 is 9.47 Å². The summed E-state index contributed by atoms with van der Waals surface area (Å²) in [6.45, 7) is 2.70. The van der Waals surface area contributed by atoms with Crippen molar-refractivity contribution in [3.05, 3.63) is 52.8 Å². The van der Waals surface area contributed by atoms with Crippen LogP contribution in [-0.4, -0.2) is 33.0 Å². The summed E-state index contributed by atoms with van der Waals surface area (Å²) in [4.78, 5) is 19.5. The number of aryl methyl sites for hydroxylation is 1. The highest BCUT2D eigenvalue weighted by Crippen LogP contribution is 2.22. The van der Waals surface area contributed by atoms with Gasteiger partial charge in [0.1, 0.15) is 0 Å². The Balaban J connectivity index is 2.09. The highest BCUT2D eigenvalue weighted by atomic mass is 32.2. The summed E-state index contributed by atoms with van der Waals surface area (Å²) in [7, 11) is 0.0733. The van der Waals surface area contributed by atoms with Crippen molar-refractivity contribution in [3.63, 3.8) is 0 Å². The van der Waals surface area contributed by atoms with Gasteiger partial charge in [-0.3, -0.25) is 4.79 Å². The largest absolute Gasteiger partial charge is 0.378 e. The molecule has 7 nitrogen and oxygen atoms in total. The first-order chi connectivity index (χ1) is 13.2. The molecule has 0 atom stereocenters. The van der Waals surface area contributed by atoms with Crippen LogP contribution < -0.4 is 14.8 Å². The van der Waals surface area contributed by atoms with Gasteiger partial charge in [0, 0.05) is 31.9 Å². The molecule has 0 unspecified atom stereocenters. The SMILES string of the molecule is CCCn1c(=NC(=O)c2ccc(N(C)C)cc2)sc2cc(S(N)(=O)=O)ccc21. The second-order valence-electron chi connectivity index (χ2n) is 6.57. The van der Waals surface area contributed by atoms with Gasteiger partial charge in [-0.25, -0.2) is 13.6 Å². The maximum atomic E-state index is 12.7. The van der Waals surface area contributed by atoms with E-state index in [1.54, 1.807) is 18.2 Å². The summed E-state index contributed by atoms with van der Waals surface area (Å²) in [5.74, 6) is -0.339. The van der Waals surface area contributed by atoms with Crippen LogP contribution in [-0.2, 0) is 16.6 Å². The van der Waals surface area contributed by atoms with Crippen LogP contribution in [0.5, 0.6) is 0 Å². The molecule has 148 valence electrons. The van der Waals surface area contributed by atoms with Crippen LogP contribution in [0.15, 0.2) is 52.4 Å². The van der Waals surface area contributed by atoms with Crippen molar-refractivity contribution >= 4 is 43.2 Å². The van der Waals surface area contributed by atoms with Crippen molar-refractivity contribution in [1.82, 2.24) is 4.57 Å². The fourth-order valence-electron chi connectivity index (χ4n) is 2.81. The molecule has 0 saturated heterocycles. The second-order valence-corrected chi connectivity index (χ2v) is 9.14. The molecule has 0 saturated carbocycles. The van der Waals surface area contributed by atoms with Crippen LogP contribution in [0.3, 0.4) is 0 Å². The standard InChI is InChI=1S/C19H22N4O3S2/c1-4-11-23-16-10-9-15(28(20,25)26)12-17(16)27-19(23)21-18(24)13-5-7-14(8-6-13)22(2)3/h5-10,12H,4,11H2,1-3H3,(H2,20,25,26).